The first-order chi connectivity index (χ1) is 15.5. The van der Waals surface area contributed by atoms with E-state index in [0.29, 0.717) is 0 Å². The number of nitrogens with zero attached hydrogens (tertiary/aromatic N) is 4. The van der Waals surface area contributed by atoms with E-state index in [0.717, 1.165) is 54.2 Å². The van der Waals surface area contributed by atoms with E-state index in [1.54, 1.807) is 0 Å². The van der Waals surface area contributed by atoms with E-state index in [9.17, 15) is 4.79 Å². The largest absolute Gasteiger partial charge is 0.368 e. The van der Waals surface area contributed by atoms with Crippen LogP contribution in [0.1, 0.15) is 27.2 Å². The Kier molecular flexibility index (Phi) is 5.17. The molecule has 0 atom stereocenters. The Balaban J connectivity index is 1.32. The fourth-order valence-electron chi connectivity index (χ4n) is 4.44. The van der Waals surface area contributed by atoms with Crippen molar-refractivity contribution in [3.8, 4) is 5.82 Å². The molecule has 5 nitrogen and oxygen atoms in total. The topological polar surface area (TPSA) is 41.4 Å². The van der Waals surface area contributed by atoms with Crippen LogP contribution in [-0.2, 0) is 0 Å². The number of pyridine rings is 1. The predicted molar refractivity (Wildman–Crippen MR) is 130 cm³/mol. The van der Waals surface area contributed by atoms with E-state index in [1.807, 2.05) is 52.9 Å². The van der Waals surface area contributed by atoms with Gasteiger partial charge in [0.05, 0.1) is 11.1 Å². The van der Waals surface area contributed by atoms with Crippen molar-refractivity contribution in [1.82, 2.24) is 14.5 Å². The Hall–Kier alpha value is -3.60. The fraction of sp³-hybridized carbons (Fsp3) is 0.259. The van der Waals surface area contributed by atoms with Crippen molar-refractivity contribution in [2.75, 3.05) is 31.1 Å². The van der Waals surface area contributed by atoms with Crippen LogP contribution >= 0.6 is 0 Å². The lowest BCUT2D eigenvalue weighted by Gasteiger charge is -2.36. The molecule has 2 aromatic heterocycles. The highest BCUT2D eigenvalue weighted by Crippen LogP contribution is 2.23. The fourth-order valence-corrected chi connectivity index (χ4v) is 4.44. The molecular weight excluding hydrogens is 396 g/mol. The third-order valence-corrected chi connectivity index (χ3v) is 6.62. The van der Waals surface area contributed by atoms with Crippen molar-refractivity contribution >= 4 is 22.5 Å². The van der Waals surface area contributed by atoms with E-state index in [2.05, 4.69) is 49.1 Å². The molecule has 1 amide bonds. The monoisotopic (exact) mass is 424 g/mol. The second-order valence-corrected chi connectivity index (χ2v) is 8.59. The highest BCUT2D eigenvalue weighted by atomic mass is 16.2. The molecule has 4 aromatic rings. The standard InChI is InChI=1S/C27H28N4O/c1-19-8-10-23(18-20(19)2)29-14-16-30(17-15-29)27(32)24-12-13-31(21(24)3)26-11-9-22-6-4-5-7-25(22)28-26/h4-13,18H,14-17H2,1-3H3. The number of anilines is 1. The molecule has 1 aliphatic rings. The van der Waals surface area contributed by atoms with Crippen LogP contribution in [0.25, 0.3) is 16.7 Å². The molecule has 3 heterocycles. The molecule has 0 bridgehead atoms. The van der Waals surface area contributed by atoms with E-state index in [-0.39, 0.29) is 5.91 Å². The molecule has 0 aliphatic carbocycles. The maximum Gasteiger partial charge on any atom is 0.255 e. The number of piperazine rings is 1. The molecule has 32 heavy (non-hydrogen) atoms. The van der Waals surface area contributed by atoms with E-state index in [4.69, 9.17) is 4.98 Å². The van der Waals surface area contributed by atoms with Gasteiger partial charge in [0.15, 0.2) is 0 Å². The molecule has 1 aliphatic heterocycles. The van der Waals surface area contributed by atoms with E-state index < -0.39 is 0 Å². The lowest BCUT2D eigenvalue weighted by molar-refractivity contribution is 0.0746. The predicted octanol–water partition coefficient (Wildman–Crippen LogP) is 4.91. The van der Waals surface area contributed by atoms with Gasteiger partial charge in [0.25, 0.3) is 5.91 Å². The molecule has 5 heteroatoms. The van der Waals surface area contributed by atoms with Crippen LogP contribution < -0.4 is 4.90 Å². The van der Waals surface area contributed by atoms with Crippen LogP contribution in [-0.4, -0.2) is 46.5 Å². The van der Waals surface area contributed by atoms with Gasteiger partial charge in [0.1, 0.15) is 5.82 Å². The third kappa shape index (κ3) is 3.64. The minimum Gasteiger partial charge on any atom is -0.368 e. The zero-order valence-corrected chi connectivity index (χ0v) is 18.9. The minimum absolute atomic E-state index is 0.0989. The van der Waals surface area contributed by atoms with Crippen molar-refractivity contribution in [3.05, 3.63) is 89.2 Å². The summed E-state index contributed by atoms with van der Waals surface area (Å²) in [5.74, 6) is 0.932. The molecule has 0 unspecified atom stereocenters. The molecular formula is C27H28N4O. The number of hydrogen-bond acceptors (Lipinski definition) is 3. The number of hydrogen-bond donors (Lipinski definition) is 0. The van der Waals surface area contributed by atoms with Crippen LogP contribution in [0.5, 0.6) is 0 Å². The number of para-hydroxylation sites is 1. The quantitative estimate of drug-likeness (QED) is 0.469. The van der Waals surface area contributed by atoms with Crippen molar-refractivity contribution in [2.24, 2.45) is 0 Å². The van der Waals surface area contributed by atoms with Gasteiger partial charge >= 0.3 is 0 Å². The van der Waals surface area contributed by atoms with Gasteiger partial charge in [-0.2, -0.15) is 0 Å². The summed E-state index contributed by atoms with van der Waals surface area (Å²) < 4.78 is 2.00. The summed E-state index contributed by atoms with van der Waals surface area (Å²) in [7, 11) is 0. The first kappa shape index (κ1) is 20.3. The van der Waals surface area contributed by atoms with Gasteiger partial charge in [-0.3, -0.25) is 4.79 Å². The molecule has 2 aromatic carbocycles. The zero-order valence-electron chi connectivity index (χ0n) is 18.9. The summed E-state index contributed by atoms with van der Waals surface area (Å²) in [6.45, 7) is 9.43. The molecule has 162 valence electrons. The van der Waals surface area contributed by atoms with Gasteiger partial charge in [0.2, 0.25) is 0 Å². The molecule has 0 saturated carbocycles. The van der Waals surface area contributed by atoms with Gasteiger partial charge < -0.3 is 14.4 Å². The van der Waals surface area contributed by atoms with Crippen molar-refractivity contribution in [3.63, 3.8) is 0 Å². The lowest BCUT2D eigenvalue weighted by atomic mass is 10.1. The van der Waals surface area contributed by atoms with Gasteiger partial charge in [-0.15, -0.1) is 0 Å². The number of carbonyl (C=O) groups is 1. The van der Waals surface area contributed by atoms with Crippen LogP contribution in [0.4, 0.5) is 5.69 Å². The summed E-state index contributed by atoms with van der Waals surface area (Å²) in [4.78, 5) is 22.4. The maximum atomic E-state index is 13.3. The van der Waals surface area contributed by atoms with Crippen LogP contribution in [0.15, 0.2) is 66.9 Å². The zero-order chi connectivity index (χ0) is 22.2. The number of amides is 1. The first-order valence-corrected chi connectivity index (χ1v) is 11.2. The number of benzene rings is 2. The number of aromatic nitrogens is 2. The molecule has 5 rings (SSSR count). The SMILES string of the molecule is Cc1ccc(N2CCN(C(=O)c3ccn(-c4ccc5ccccc5n4)c3C)CC2)cc1C. The lowest BCUT2D eigenvalue weighted by Crippen LogP contribution is -2.48. The summed E-state index contributed by atoms with van der Waals surface area (Å²) >= 11 is 0. The van der Waals surface area contributed by atoms with Gasteiger partial charge in [-0.25, -0.2) is 4.98 Å². The number of fused-ring (bicyclic) bond motifs is 1. The summed E-state index contributed by atoms with van der Waals surface area (Å²) in [5, 5.41) is 1.11. The smallest absolute Gasteiger partial charge is 0.255 e. The van der Waals surface area contributed by atoms with Crippen LogP contribution in [0.2, 0.25) is 0 Å². The Bertz CT molecular complexity index is 1300. The average molecular weight is 425 g/mol. The highest BCUT2D eigenvalue weighted by molar-refractivity contribution is 5.95. The Labute approximate surface area is 188 Å². The molecule has 0 N–H and O–H groups in total. The summed E-state index contributed by atoms with van der Waals surface area (Å²) in [6, 6.07) is 20.7. The average Bonchev–Trinajstić information content (AvgIpc) is 3.21. The Morgan fingerprint density at radius 1 is 0.844 bits per heavy atom. The van der Waals surface area contributed by atoms with E-state index in [1.165, 1.54) is 16.8 Å². The number of rotatable bonds is 3. The minimum atomic E-state index is 0.0989. The molecule has 0 spiro atoms. The van der Waals surface area contributed by atoms with Crippen molar-refractivity contribution in [2.45, 2.75) is 20.8 Å². The second kappa shape index (κ2) is 8.15. The van der Waals surface area contributed by atoms with Crippen LogP contribution in [0, 0.1) is 20.8 Å². The number of aryl methyl sites for hydroxylation is 2. The van der Waals surface area contributed by atoms with Crippen LogP contribution in [0.3, 0.4) is 0 Å². The first-order valence-electron chi connectivity index (χ1n) is 11.2. The Morgan fingerprint density at radius 2 is 1.62 bits per heavy atom. The van der Waals surface area contributed by atoms with Crippen molar-refractivity contribution in [1.29, 1.82) is 0 Å². The van der Waals surface area contributed by atoms with Crippen molar-refractivity contribution < 1.29 is 4.79 Å². The molecule has 0 radical (unpaired) electrons. The highest BCUT2D eigenvalue weighted by Gasteiger charge is 2.25. The normalized spacial score (nSPS) is 14.2. The van der Waals surface area contributed by atoms with Gasteiger partial charge in [-0.05, 0) is 68.3 Å². The summed E-state index contributed by atoms with van der Waals surface area (Å²) in [6.07, 6.45) is 1.95. The third-order valence-electron chi connectivity index (χ3n) is 6.62. The number of carbonyl (C=O) groups excluding carboxylic acids is 1. The maximum absolute atomic E-state index is 13.3. The van der Waals surface area contributed by atoms with Gasteiger partial charge in [-0.1, -0.05) is 24.3 Å². The Morgan fingerprint density at radius 3 is 2.41 bits per heavy atom. The van der Waals surface area contributed by atoms with E-state index >= 15 is 0 Å². The molecule has 1 fully saturated rings. The summed E-state index contributed by atoms with van der Waals surface area (Å²) in [5.41, 5.74) is 6.48. The second-order valence-electron chi connectivity index (χ2n) is 8.59. The molecule has 1 saturated heterocycles. The van der Waals surface area contributed by atoms with Gasteiger partial charge in [0, 0.05) is 49.1 Å².